The topological polar surface area (TPSA) is 74.1 Å². The van der Waals surface area contributed by atoms with Crippen molar-refractivity contribution in [2.45, 2.75) is 32.9 Å². The highest BCUT2D eigenvalue weighted by Crippen LogP contribution is 2.27. The summed E-state index contributed by atoms with van der Waals surface area (Å²) < 4.78 is 2.21. The quantitative estimate of drug-likeness (QED) is 0.434. The van der Waals surface area contributed by atoms with Crippen LogP contribution >= 0.6 is 24.0 Å². The summed E-state index contributed by atoms with van der Waals surface area (Å²) in [5.41, 5.74) is 2.26. The second kappa shape index (κ2) is 8.50. The number of piperidine rings is 1. The highest BCUT2D eigenvalue weighted by Gasteiger charge is 2.28. The summed E-state index contributed by atoms with van der Waals surface area (Å²) in [6.07, 6.45) is 8.82. The Hall–Kier alpha value is -1.58. The van der Waals surface area contributed by atoms with E-state index in [1.165, 1.54) is 5.56 Å². The number of nitrogens with one attached hydrogen (secondary N) is 2. The van der Waals surface area contributed by atoms with Crippen molar-refractivity contribution in [2.75, 3.05) is 20.1 Å². The molecule has 3 rings (SSSR count). The standard InChI is InChI=1S/C16H25N7.HI/c1-12-4-6-22(10-15(12)23-7-5-18-11-23)16(17-3)19-8-14-9-20-21-13(14)2;/h5,7,9,11-12,15H,4,6,8,10H2,1-3H3,(H,17,19)(H,20,21);1H. The van der Waals surface area contributed by atoms with Crippen LogP contribution in [0, 0.1) is 12.8 Å². The normalized spacial score (nSPS) is 21.5. The van der Waals surface area contributed by atoms with Gasteiger partial charge in [0.1, 0.15) is 0 Å². The first kappa shape index (κ1) is 18.8. The summed E-state index contributed by atoms with van der Waals surface area (Å²) in [6, 6.07) is 0.431. The van der Waals surface area contributed by atoms with Crippen LogP contribution in [0.4, 0.5) is 0 Å². The zero-order valence-electron chi connectivity index (χ0n) is 14.4. The average Bonchev–Trinajstić information content (AvgIpc) is 3.21. The summed E-state index contributed by atoms with van der Waals surface area (Å²) in [6.45, 7) is 7.05. The van der Waals surface area contributed by atoms with Gasteiger partial charge in [0.05, 0.1) is 18.6 Å². The molecular formula is C16H26IN7. The molecule has 8 heteroatoms. The van der Waals surface area contributed by atoms with Crippen LogP contribution in [0.15, 0.2) is 29.9 Å². The lowest BCUT2D eigenvalue weighted by atomic mass is 9.93. The van der Waals surface area contributed by atoms with E-state index in [-0.39, 0.29) is 24.0 Å². The van der Waals surface area contributed by atoms with Gasteiger partial charge in [-0.05, 0) is 19.3 Å². The molecule has 2 N–H and O–H groups in total. The van der Waals surface area contributed by atoms with Gasteiger partial charge in [0, 0.05) is 50.3 Å². The Morgan fingerprint density at radius 3 is 2.96 bits per heavy atom. The zero-order valence-corrected chi connectivity index (χ0v) is 16.8. The molecule has 1 aliphatic heterocycles. The SMILES string of the molecule is CN=C(NCc1cn[nH]c1C)N1CCC(C)C(n2ccnc2)C1.I. The van der Waals surface area contributed by atoms with Gasteiger partial charge in [-0.25, -0.2) is 4.98 Å². The van der Waals surface area contributed by atoms with Crippen LogP contribution in [-0.4, -0.2) is 50.7 Å². The van der Waals surface area contributed by atoms with Gasteiger partial charge in [0.15, 0.2) is 5.96 Å². The van der Waals surface area contributed by atoms with Crippen molar-refractivity contribution in [3.05, 3.63) is 36.2 Å². The maximum absolute atomic E-state index is 4.46. The van der Waals surface area contributed by atoms with E-state index in [4.69, 9.17) is 0 Å². The summed E-state index contributed by atoms with van der Waals surface area (Å²) in [4.78, 5) is 11.0. The molecule has 2 unspecified atom stereocenters. The Kier molecular flexibility index (Phi) is 6.64. The van der Waals surface area contributed by atoms with Crippen molar-refractivity contribution in [1.29, 1.82) is 0 Å². The monoisotopic (exact) mass is 443 g/mol. The number of aliphatic imine (C=N–C) groups is 1. The third-order valence-corrected chi connectivity index (χ3v) is 4.71. The minimum absolute atomic E-state index is 0. The molecule has 24 heavy (non-hydrogen) atoms. The van der Waals surface area contributed by atoms with Crippen molar-refractivity contribution in [2.24, 2.45) is 10.9 Å². The second-order valence-corrected chi connectivity index (χ2v) is 6.21. The number of aromatic nitrogens is 4. The number of hydrogen-bond donors (Lipinski definition) is 2. The predicted molar refractivity (Wildman–Crippen MR) is 106 cm³/mol. The average molecular weight is 443 g/mol. The largest absolute Gasteiger partial charge is 0.352 e. The molecule has 1 saturated heterocycles. The summed E-state index contributed by atoms with van der Waals surface area (Å²) in [5, 5.41) is 10.5. The molecule has 0 aromatic carbocycles. The van der Waals surface area contributed by atoms with Gasteiger partial charge >= 0.3 is 0 Å². The minimum Gasteiger partial charge on any atom is -0.352 e. The van der Waals surface area contributed by atoms with Crippen LogP contribution in [0.1, 0.15) is 30.6 Å². The molecule has 132 valence electrons. The third kappa shape index (κ3) is 4.08. The molecule has 0 amide bonds. The van der Waals surface area contributed by atoms with Crippen LogP contribution in [0.25, 0.3) is 0 Å². The van der Waals surface area contributed by atoms with E-state index in [1.807, 2.05) is 32.7 Å². The number of imidazole rings is 1. The van der Waals surface area contributed by atoms with Crippen LogP contribution in [0.3, 0.4) is 0 Å². The van der Waals surface area contributed by atoms with E-state index in [9.17, 15) is 0 Å². The maximum atomic E-state index is 4.46. The first-order valence-corrected chi connectivity index (χ1v) is 8.11. The highest BCUT2D eigenvalue weighted by molar-refractivity contribution is 14.0. The van der Waals surface area contributed by atoms with E-state index in [0.717, 1.165) is 37.7 Å². The molecule has 2 atom stereocenters. The number of nitrogens with zero attached hydrogens (tertiary/aromatic N) is 5. The van der Waals surface area contributed by atoms with Gasteiger partial charge < -0.3 is 14.8 Å². The fourth-order valence-electron chi connectivity index (χ4n) is 3.16. The molecule has 0 bridgehead atoms. The summed E-state index contributed by atoms with van der Waals surface area (Å²) in [7, 11) is 1.84. The molecule has 7 nitrogen and oxygen atoms in total. The fraction of sp³-hybridized carbons (Fsp3) is 0.562. The van der Waals surface area contributed by atoms with Gasteiger partial charge in [-0.3, -0.25) is 10.1 Å². The third-order valence-electron chi connectivity index (χ3n) is 4.71. The maximum Gasteiger partial charge on any atom is 0.193 e. The van der Waals surface area contributed by atoms with Gasteiger partial charge in [-0.15, -0.1) is 24.0 Å². The lowest BCUT2D eigenvalue weighted by Crippen LogP contribution is -2.48. The Labute approximate surface area is 160 Å². The fourth-order valence-corrected chi connectivity index (χ4v) is 3.16. The number of H-pyrrole nitrogens is 1. The number of likely N-dealkylation sites (tertiary alicyclic amines) is 1. The number of guanidine groups is 1. The Morgan fingerprint density at radius 2 is 2.33 bits per heavy atom. The van der Waals surface area contributed by atoms with Crippen molar-refractivity contribution < 1.29 is 0 Å². The van der Waals surface area contributed by atoms with E-state index in [2.05, 4.69) is 48.1 Å². The molecule has 3 heterocycles. The molecule has 1 fully saturated rings. The van der Waals surface area contributed by atoms with Crippen LogP contribution in [0.5, 0.6) is 0 Å². The lowest BCUT2D eigenvalue weighted by Gasteiger charge is -2.39. The Morgan fingerprint density at radius 1 is 1.50 bits per heavy atom. The summed E-state index contributed by atoms with van der Waals surface area (Å²) in [5.74, 6) is 1.58. The van der Waals surface area contributed by atoms with Crippen LogP contribution in [-0.2, 0) is 6.54 Å². The van der Waals surface area contributed by atoms with Crippen molar-refractivity contribution in [3.63, 3.8) is 0 Å². The lowest BCUT2D eigenvalue weighted by molar-refractivity contribution is 0.189. The number of halogens is 1. The second-order valence-electron chi connectivity index (χ2n) is 6.21. The Bertz CT molecular complexity index is 649. The van der Waals surface area contributed by atoms with Crippen molar-refractivity contribution in [3.8, 4) is 0 Å². The van der Waals surface area contributed by atoms with Gasteiger partial charge in [-0.2, -0.15) is 5.10 Å². The van der Waals surface area contributed by atoms with Crippen LogP contribution < -0.4 is 5.32 Å². The molecule has 0 spiro atoms. The number of aromatic amines is 1. The molecule has 0 saturated carbocycles. The Balaban J connectivity index is 0.00000208. The molecule has 2 aromatic rings. The molecule has 0 aliphatic carbocycles. The molecule has 0 radical (unpaired) electrons. The van der Waals surface area contributed by atoms with E-state index < -0.39 is 0 Å². The van der Waals surface area contributed by atoms with Crippen LogP contribution in [0.2, 0.25) is 0 Å². The number of aryl methyl sites for hydroxylation is 1. The minimum atomic E-state index is 0. The predicted octanol–water partition coefficient (Wildman–Crippen LogP) is 2.19. The molecule has 2 aromatic heterocycles. The van der Waals surface area contributed by atoms with Gasteiger partial charge in [0.25, 0.3) is 0 Å². The van der Waals surface area contributed by atoms with Gasteiger partial charge in [-0.1, -0.05) is 6.92 Å². The molecular weight excluding hydrogens is 417 g/mol. The van der Waals surface area contributed by atoms with E-state index in [0.29, 0.717) is 12.0 Å². The van der Waals surface area contributed by atoms with E-state index in [1.54, 1.807) is 0 Å². The highest BCUT2D eigenvalue weighted by atomic mass is 127. The molecule has 1 aliphatic rings. The van der Waals surface area contributed by atoms with Crippen molar-refractivity contribution >= 4 is 29.9 Å². The first-order chi connectivity index (χ1) is 11.2. The summed E-state index contributed by atoms with van der Waals surface area (Å²) >= 11 is 0. The van der Waals surface area contributed by atoms with E-state index >= 15 is 0 Å². The number of rotatable bonds is 3. The van der Waals surface area contributed by atoms with Crippen molar-refractivity contribution in [1.82, 2.24) is 30.0 Å². The zero-order chi connectivity index (χ0) is 16.2. The van der Waals surface area contributed by atoms with Gasteiger partial charge in [0.2, 0.25) is 0 Å². The first-order valence-electron chi connectivity index (χ1n) is 8.11. The smallest absolute Gasteiger partial charge is 0.193 e. The number of hydrogen-bond acceptors (Lipinski definition) is 3.